The molecule has 3 aliphatic heterocycles. The van der Waals surface area contributed by atoms with Crippen LogP contribution in [0.3, 0.4) is 0 Å². The molecule has 3 aliphatic rings. The number of carbonyl (C=O) groups excluding carboxylic acids is 2. The first-order valence-corrected chi connectivity index (χ1v) is 10.2. The van der Waals surface area contributed by atoms with Crippen LogP contribution in [0.25, 0.3) is 0 Å². The minimum atomic E-state index is -0.470. The Hall–Kier alpha value is -1.76. The van der Waals surface area contributed by atoms with E-state index >= 15 is 0 Å². The molecule has 1 aromatic rings. The average Bonchev–Trinajstić information content (AvgIpc) is 2.62. The van der Waals surface area contributed by atoms with Gasteiger partial charge in [0.1, 0.15) is 11.9 Å². The molecule has 0 saturated carbocycles. The highest BCUT2D eigenvalue weighted by Gasteiger charge is 2.51. The number of anilines is 1. The molecule has 0 unspecified atom stereocenters. The van der Waals surface area contributed by atoms with Crippen LogP contribution in [0, 0.1) is 11.8 Å². The summed E-state index contributed by atoms with van der Waals surface area (Å²) in [4.78, 5) is 34.5. The fourth-order valence-electron chi connectivity index (χ4n) is 4.89. The lowest BCUT2D eigenvalue weighted by Gasteiger charge is -2.55. The third-order valence-electron chi connectivity index (χ3n) is 5.91. The van der Waals surface area contributed by atoms with E-state index in [-0.39, 0.29) is 23.8 Å². The maximum Gasteiger partial charge on any atom is 0.240 e. The van der Waals surface area contributed by atoms with Gasteiger partial charge in [-0.05, 0) is 43.6 Å². The maximum absolute atomic E-state index is 12.5. The first kappa shape index (κ1) is 16.7. The topological polar surface area (TPSA) is 79.5 Å². The van der Waals surface area contributed by atoms with Gasteiger partial charge in [-0.3, -0.25) is 9.59 Å². The summed E-state index contributed by atoms with van der Waals surface area (Å²) < 4.78 is 0. The Bertz CT molecular complexity index is 680. The summed E-state index contributed by atoms with van der Waals surface area (Å²) in [5.74, 6) is 1.17. The number of primary amides is 1. The van der Waals surface area contributed by atoms with Crippen LogP contribution in [0.15, 0.2) is 23.2 Å². The third kappa shape index (κ3) is 2.88. The highest BCUT2D eigenvalue weighted by atomic mass is 32.2. The number of carbonyl (C=O) groups is 2. The second-order valence-corrected chi connectivity index (χ2v) is 8.20. The molecule has 25 heavy (non-hydrogen) atoms. The summed E-state index contributed by atoms with van der Waals surface area (Å²) in [6.07, 6.45) is 7.33. The standard InChI is InChI=1S/C18H24N4O2S/c1-25-13-5-6-15(20-8-13)21-9-11-7-12(10-21)17(18(19)24)22-14(11)3-2-4-16(22)23/h5-6,8,11-12,14,17H,2-4,7,9-10H2,1H3,(H2,19,24)/t11-,12+,14-,17+/m0/s1. The maximum atomic E-state index is 12.5. The van der Waals surface area contributed by atoms with E-state index in [2.05, 4.69) is 22.0 Å². The minimum absolute atomic E-state index is 0.0941. The number of thioether (sulfide) groups is 1. The highest BCUT2D eigenvalue weighted by Crippen LogP contribution is 2.42. The van der Waals surface area contributed by atoms with Crippen LogP contribution < -0.4 is 10.6 Å². The number of aromatic nitrogens is 1. The summed E-state index contributed by atoms with van der Waals surface area (Å²) in [6, 6.07) is 3.81. The summed E-state index contributed by atoms with van der Waals surface area (Å²) in [5, 5.41) is 0. The van der Waals surface area contributed by atoms with E-state index in [1.807, 2.05) is 17.4 Å². The first-order chi connectivity index (χ1) is 12.1. The van der Waals surface area contributed by atoms with Crippen LogP contribution in [0.2, 0.25) is 0 Å². The number of hydrogen-bond donors (Lipinski definition) is 1. The van der Waals surface area contributed by atoms with Gasteiger partial charge in [-0.25, -0.2) is 4.98 Å². The predicted molar refractivity (Wildman–Crippen MR) is 97.3 cm³/mol. The third-order valence-corrected chi connectivity index (χ3v) is 6.63. The van der Waals surface area contributed by atoms with Crippen LogP contribution in [-0.2, 0) is 9.59 Å². The van der Waals surface area contributed by atoms with Crippen molar-refractivity contribution in [2.45, 2.75) is 42.7 Å². The second kappa shape index (κ2) is 6.52. The number of amides is 2. The second-order valence-electron chi connectivity index (χ2n) is 7.32. The summed E-state index contributed by atoms with van der Waals surface area (Å²) in [7, 11) is 0. The average molecular weight is 360 g/mol. The largest absolute Gasteiger partial charge is 0.368 e. The smallest absolute Gasteiger partial charge is 0.240 e. The van der Waals surface area contributed by atoms with E-state index in [0.29, 0.717) is 12.3 Å². The molecule has 0 aliphatic carbocycles. The Morgan fingerprint density at radius 3 is 2.80 bits per heavy atom. The SMILES string of the molecule is CSc1ccc(N2C[C@@H]3C[C@H](C2)[C@H](C(N)=O)N2C(=O)CCC[C@@H]32)nc1. The number of nitrogens with zero attached hydrogens (tertiary/aromatic N) is 3. The predicted octanol–water partition coefficient (Wildman–Crippen LogP) is 1.49. The monoisotopic (exact) mass is 360 g/mol. The van der Waals surface area contributed by atoms with Crippen molar-refractivity contribution in [3.8, 4) is 0 Å². The van der Waals surface area contributed by atoms with Crippen molar-refractivity contribution in [3.63, 3.8) is 0 Å². The Kier molecular flexibility index (Phi) is 4.35. The van der Waals surface area contributed by atoms with Crippen LogP contribution in [0.5, 0.6) is 0 Å². The molecule has 2 amide bonds. The molecular weight excluding hydrogens is 336 g/mol. The molecule has 2 bridgehead atoms. The lowest BCUT2D eigenvalue weighted by Crippen LogP contribution is -2.68. The molecule has 6 nitrogen and oxygen atoms in total. The van der Waals surface area contributed by atoms with Crippen molar-refractivity contribution in [1.82, 2.24) is 9.88 Å². The lowest BCUT2D eigenvalue weighted by molar-refractivity contribution is -0.155. The van der Waals surface area contributed by atoms with Gasteiger partial charge in [0.15, 0.2) is 0 Å². The summed E-state index contributed by atoms with van der Waals surface area (Å²) >= 11 is 1.67. The summed E-state index contributed by atoms with van der Waals surface area (Å²) in [6.45, 7) is 1.62. The van der Waals surface area contributed by atoms with Crippen LogP contribution in [-0.4, -0.2) is 53.1 Å². The molecule has 3 fully saturated rings. The van der Waals surface area contributed by atoms with E-state index < -0.39 is 6.04 Å². The van der Waals surface area contributed by atoms with Crippen molar-refractivity contribution in [2.75, 3.05) is 24.2 Å². The van der Waals surface area contributed by atoms with Crippen molar-refractivity contribution >= 4 is 29.4 Å². The molecule has 0 spiro atoms. The van der Waals surface area contributed by atoms with Gasteiger partial charge < -0.3 is 15.5 Å². The van der Waals surface area contributed by atoms with Crippen molar-refractivity contribution < 1.29 is 9.59 Å². The van der Waals surface area contributed by atoms with Gasteiger partial charge in [0.25, 0.3) is 0 Å². The Morgan fingerprint density at radius 1 is 1.32 bits per heavy atom. The molecule has 4 atom stereocenters. The van der Waals surface area contributed by atoms with Gasteiger partial charge in [-0.1, -0.05) is 0 Å². The molecule has 3 saturated heterocycles. The van der Waals surface area contributed by atoms with Gasteiger partial charge in [0.05, 0.1) is 0 Å². The van der Waals surface area contributed by atoms with Crippen LogP contribution in [0.1, 0.15) is 25.7 Å². The Balaban J connectivity index is 1.63. The minimum Gasteiger partial charge on any atom is -0.368 e. The number of rotatable bonds is 3. The summed E-state index contributed by atoms with van der Waals surface area (Å²) in [5.41, 5.74) is 5.72. The van der Waals surface area contributed by atoms with Gasteiger partial charge >= 0.3 is 0 Å². The number of nitrogens with two attached hydrogens (primary N) is 1. The molecule has 0 radical (unpaired) electrons. The van der Waals surface area contributed by atoms with E-state index in [0.717, 1.165) is 43.1 Å². The molecule has 0 aromatic carbocycles. The fraction of sp³-hybridized carbons (Fsp3) is 0.611. The van der Waals surface area contributed by atoms with Crippen molar-refractivity contribution in [2.24, 2.45) is 17.6 Å². The van der Waals surface area contributed by atoms with Gasteiger partial charge in [0.2, 0.25) is 11.8 Å². The highest BCUT2D eigenvalue weighted by molar-refractivity contribution is 7.98. The molecule has 1 aromatic heterocycles. The zero-order valence-corrected chi connectivity index (χ0v) is 15.2. The normalized spacial score (nSPS) is 31.6. The molecular formula is C18H24N4O2S. The number of pyridine rings is 1. The van der Waals surface area contributed by atoms with Gasteiger partial charge in [0, 0.05) is 42.6 Å². The van der Waals surface area contributed by atoms with E-state index in [1.165, 1.54) is 0 Å². The van der Waals surface area contributed by atoms with Crippen LogP contribution in [0.4, 0.5) is 5.82 Å². The van der Waals surface area contributed by atoms with Crippen molar-refractivity contribution in [1.29, 1.82) is 0 Å². The Morgan fingerprint density at radius 2 is 2.12 bits per heavy atom. The molecule has 4 heterocycles. The zero-order chi connectivity index (χ0) is 17.6. The number of hydrogen-bond acceptors (Lipinski definition) is 5. The number of piperidine rings is 3. The first-order valence-electron chi connectivity index (χ1n) is 8.94. The van der Waals surface area contributed by atoms with E-state index in [4.69, 9.17) is 5.73 Å². The molecule has 4 rings (SSSR count). The van der Waals surface area contributed by atoms with Crippen molar-refractivity contribution in [3.05, 3.63) is 18.3 Å². The van der Waals surface area contributed by atoms with Gasteiger partial charge in [-0.2, -0.15) is 0 Å². The fourth-order valence-corrected chi connectivity index (χ4v) is 5.25. The molecule has 2 N–H and O–H groups in total. The lowest BCUT2D eigenvalue weighted by atomic mass is 9.72. The Labute approximate surface area is 152 Å². The molecule has 7 heteroatoms. The van der Waals surface area contributed by atoms with Gasteiger partial charge in [-0.15, -0.1) is 11.8 Å². The van der Waals surface area contributed by atoms with E-state index in [9.17, 15) is 9.59 Å². The zero-order valence-electron chi connectivity index (χ0n) is 14.4. The molecule has 134 valence electrons. The number of fused-ring (bicyclic) bond motifs is 4. The van der Waals surface area contributed by atoms with E-state index in [1.54, 1.807) is 11.8 Å². The van der Waals surface area contributed by atoms with Crippen LogP contribution >= 0.6 is 11.8 Å². The quantitative estimate of drug-likeness (QED) is 0.826.